The van der Waals surface area contributed by atoms with E-state index < -0.39 is 23.6 Å². The molecule has 1 aromatic rings. The first-order chi connectivity index (χ1) is 8.08. The monoisotopic (exact) mass is 243 g/mol. The Labute approximate surface area is 98.8 Å². The molecule has 1 rings (SSSR count). The Morgan fingerprint density at radius 2 is 2.12 bits per heavy atom. The SMILES string of the molecule is CCOC(=O)C(CC)Nc1cc(F)ccc1F. The van der Waals surface area contributed by atoms with Crippen molar-refractivity contribution in [2.75, 3.05) is 11.9 Å². The summed E-state index contributed by atoms with van der Waals surface area (Å²) in [4.78, 5) is 11.5. The molecular weight excluding hydrogens is 228 g/mol. The topological polar surface area (TPSA) is 38.3 Å². The number of rotatable bonds is 5. The second-order valence-electron chi connectivity index (χ2n) is 3.48. The van der Waals surface area contributed by atoms with E-state index in [1.165, 1.54) is 0 Å². The summed E-state index contributed by atoms with van der Waals surface area (Å²) in [5, 5.41) is 2.63. The largest absolute Gasteiger partial charge is 0.464 e. The minimum atomic E-state index is -0.675. The number of ether oxygens (including phenoxy) is 1. The molecule has 0 aliphatic heterocycles. The van der Waals surface area contributed by atoms with Crippen molar-refractivity contribution >= 4 is 11.7 Å². The van der Waals surface area contributed by atoms with Crippen molar-refractivity contribution in [2.24, 2.45) is 0 Å². The maximum absolute atomic E-state index is 13.3. The molecule has 3 nitrogen and oxygen atoms in total. The highest BCUT2D eigenvalue weighted by molar-refractivity contribution is 5.79. The van der Waals surface area contributed by atoms with Crippen molar-refractivity contribution in [3.8, 4) is 0 Å². The maximum Gasteiger partial charge on any atom is 0.328 e. The van der Waals surface area contributed by atoms with Crippen LogP contribution in [0.2, 0.25) is 0 Å². The lowest BCUT2D eigenvalue weighted by atomic mass is 10.2. The van der Waals surface area contributed by atoms with Gasteiger partial charge in [0.05, 0.1) is 12.3 Å². The van der Waals surface area contributed by atoms with E-state index in [-0.39, 0.29) is 12.3 Å². The van der Waals surface area contributed by atoms with Crippen molar-refractivity contribution in [3.05, 3.63) is 29.8 Å². The molecule has 0 saturated heterocycles. The minimum Gasteiger partial charge on any atom is -0.464 e. The summed E-state index contributed by atoms with van der Waals surface area (Å²) >= 11 is 0. The average molecular weight is 243 g/mol. The molecule has 0 aliphatic rings. The van der Waals surface area contributed by atoms with E-state index in [1.54, 1.807) is 13.8 Å². The summed E-state index contributed by atoms with van der Waals surface area (Å²) < 4.78 is 31.1. The lowest BCUT2D eigenvalue weighted by Gasteiger charge is -2.17. The van der Waals surface area contributed by atoms with E-state index in [0.29, 0.717) is 6.42 Å². The molecule has 0 saturated carbocycles. The maximum atomic E-state index is 13.3. The molecule has 17 heavy (non-hydrogen) atoms. The number of carbonyl (C=O) groups is 1. The zero-order chi connectivity index (χ0) is 12.8. The Bertz CT molecular complexity index is 396. The highest BCUT2D eigenvalue weighted by Gasteiger charge is 2.18. The van der Waals surface area contributed by atoms with Crippen LogP contribution in [0.3, 0.4) is 0 Å². The van der Waals surface area contributed by atoms with Crippen LogP contribution in [0.4, 0.5) is 14.5 Å². The number of anilines is 1. The van der Waals surface area contributed by atoms with Gasteiger partial charge in [0.2, 0.25) is 0 Å². The van der Waals surface area contributed by atoms with E-state index in [1.807, 2.05) is 0 Å². The van der Waals surface area contributed by atoms with Gasteiger partial charge in [0, 0.05) is 0 Å². The Hall–Kier alpha value is -1.65. The molecule has 94 valence electrons. The fourth-order valence-electron chi connectivity index (χ4n) is 1.37. The van der Waals surface area contributed by atoms with Gasteiger partial charge in [-0.1, -0.05) is 6.92 Å². The number of benzene rings is 1. The molecular formula is C12H15F2NO2. The normalized spacial score (nSPS) is 12.0. The number of hydrogen-bond donors (Lipinski definition) is 1. The molecule has 0 amide bonds. The molecule has 0 bridgehead atoms. The Balaban J connectivity index is 2.80. The summed E-state index contributed by atoms with van der Waals surface area (Å²) in [6.45, 7) is 3.70. The molecule has 1 aromatic carbocycles. The third-order valence-corrected chi connectivity index (χ3v) is 2.24. The summed E-state index contributed by atoms with van der Waals surface area (Å²) in [6, 6.07) is 2.37. The smallest absolute Gasteiger partial charge is 0.328 e. The van der Waals surface area contributed by atoms with E-state index >= 15 is 0 Å². The third-order valence-electron chi connectivity index (χ3n) is 2.24. The number of esters is 1. The molecule has 0 aromatic heterocycles. The Morgan fingerprint density at radius 3 is 2.71 bits per heavy atom. The van der Waals surface area contributed by atoms with Crippen LogP contribution in [-0.2, 0) is 9.53 Å². The first-order valence-electron chi connectivity index (χ1n) is 5.46. The highest BCUT2D eigenvalue weighted by atomic mass is 19.1. The van der Waals surface area contributed by atoms with E-state index in [0.717, 1.165) is 18.2 Å². The fourth-order valence-corrected chi connectivity index (χ4v) is 1.37. The molecule has 1 N–H and O–H groups in total. The molecule has 0 aliphatic carbocycles. The Kier molecular flexibility index (Phi) is 4.87. The van der Waals surface area contributed by atoms with Gasteiger partial charge in [-0.3, -0.25) is 0 Å². The summed E-state index contributed by atoms with van der Waals surface area (Å²) in [5.74, 6) is -1.64. The van der Waals surface area contributed by atoms with Crippen LogP contribution in [0.25, 0.3) is 0 Å². The minimum absolute atomic E-state index is 0.0371. The van der Waals surface area contributed by atoms with Crippen molar-refractivity contribution in [1.29, 1.82) is 0 Å². The molecule has 5 heteroatoms. The second-order valence-corrected chi connectivity index (χ2v) is 3.48. The fraction of sp³-hybridized carbons (Fsp3) is 0.417. The Morgan fingerprint density at radius 1 is 1.41 bits per heavy atom. The molecule has 0 spiro atoms. The van der Waals surface area contributed by atoms with E-state index in [4.69, 9.17) is 4.74 Å². The molecule has 0 heterocycles. The zero-order valence-corrected chi connectivity index (χ0v) is 9.80. The number of hydrogen-bond acceptors (Lipinski definition) is 3. The average Bonchev–Trinajstić information content (AvgIpc) is 2.30. The van der Waals surface area contributed by atoms with Crippen LogP contribution < -0.4 is 5.32 Å². The van der Waals surface area contributed by atoms with Crippen LogP contribution in [0.5, 0.6) is 0 Å². The van der Waals surface area contributed by atoms with Crippen LogP contribution >= 0.6 is 0 Å². The zero-order valence-electron chi connectivity index (χ0n) is 9.80. The second kappa shape index (κ2) is 6.18. The first-order valence-corrected chi connectivity index (χ1v) is 5.46. The van der Waals surface area contributed by atoms with E-state index in [9.17, 15) is 13.6 Å². The van der Waals surface area contributed by atoms with Gasteiger partial charge in [-0.2, -0.15) is 0 Å². The number of nitrogens with one attached hydrogen (secondary N) is 1. The lowest BCUT2D eigenvalue weighted by molar-refractivity contribution is -0.144. The number of carbonyl (C=O) groups excluding carboxylic acids is 1. The third kappa shape index (κ3) is 3.69. The van der Waals surface area contributed by atoms with Gasteiger partial charge in [-0.05, 0) is 31.5 Å². The predicted molar refractivity (Wildman–Crippen MR) is 60.7 cm³/mol. The van der Waals surface area contributed by atoms with Gasteiger partial charge in [-0.25, -0.2) is 13.6 Å². The van der Waals surface area contributed by atoms with Gasteiger partial charge in [-0.15, -0.1) is 0 Å². The first kappa shape index (κ1) is 13.4. The lowest BCUT2D eigenvalue weighted by Crippen LogP contribution is -2.31. The summed E-state index contributed by atoms with van der Waals surface area (Å²) in [7, 11) is 0. The summed E-state index contributed by atoms with van der Waals surface area (Å²) in [5.41, 5.74) is -0.0371. The molecule has 0 radical (unpaired) electrons. The van der Waals surface area contributed by atoms with Gasteiger partial charge in [0.15, 0.2) is 0 Å². The van der Waals surface area contributed by atoms with Crippen molar-refractivity contribution < 1.29 is 18.3 Å². The van der Waals surface area contributed by atoms with Crippen molar-refractivity contribution in [2.45, 2.75) is 26.3 Å². The van der Waals surface area contributed by atoms with Crippen LogP contribution in [0.1, 0.15) is 20.3 Å². The van der Waals surface area contributed by atoms with Crippen LogP contribution in [0, 0.1) is 11.6 Å². The van der Waals surface area contributed by atoms with Gasteiger partial charge in [0.25, 0.3) is 0 Å². The van der Waals surface area contributed by atoms with Crippen molar-refractivity contribution in [1.82, 2.24) is 0 Å². The molecule has 1 unspecified atom stereocenters. The van der Waals surface area contributed by atoms with Gasteiger partial charge in [0.1, 0.15) is 17.7 Å². The van der Waals surface area contributed by atoms with Crippen molar-refractivity contribution in [3.63, 3.8) is 0 Å². The molecule has 0 fully saturated rings. The summed E-state index contributed by atoms with van der Waals surface area (Å²) in [6.07, 6.45) is 0.425. The standard InChI is InChI=1S/C12H15F2NO2/c1-3-10(12(16)17-4-2)15-11-7-8(13)5-6-9(11)14/h5-7,10,15H,3-4H2,1-2H3. The quantitative estimate of drug-likeness (QED) is 0.808. The number of halogens is 2. The van der Waals surface area contributed by atoms with Crippen LogP contribution in [-0.4, -0.2) is 18.6 Å². The predicted octanol–water partition coefficient (Wildman–Crippen LogP) is 2.72. The van der Waals surface area contributed by atoms with E-state index in [2.05, 4.69) is 5.32 Å². The van der Waals surface area contributed by atoms with Crippen LogP contribution in [0.15, 0.2) is 18.2 Å². The highest BCUT2D eigenvalue weighted by Crippen LogP contribution is 2.17. The van der Waals surface area contributed by atoms with Gasteiger partial charge < -0.3 is 10.1 Å². The molecule has 1 atom stereocenters. The van der Waals surface area contributed by atoms with Gasteiger partial charge >= 0.3 is 5.97 Å².